The summed E-state index contributed by atoms with van der Waals surface area (Å²) in [7, 11) is 0. The van der Waals surface area contributed by atoms with Gasteiger partial charge >= 0.3 is 12.0 Å². The lowest BCUT2D eigenvalue weighted by molar-refractivity contribution is -0.138. The highest BCUT2D eigenvalue weighted by molar-refractivity contribution is 5.94. The van der Waals surface area contributed by atoms with E-state index < -0.39 is 17.9 Å². The normalized spacial score (nSPS) is 11.7. The number of nitrogens with one attached hydrogen (secondary N) is 2. The molecule has 3 amide bonds. The number of aryl methyl sites for hydroxylation is 1. The molecular weight excluding hydrogens is 276 g/mol. The standard InChI is InChI=1S/C13H20N4O4/c1-10(9-12(19)20)8-11(18)16-13(21)14-4-2-6-17-7-3-5-15-17/h3,5,7,10H,2,4,6,8-9H2,1H3,(H,19,20)(H2,14,16,18,21). The SMILES string of the molecule is CC(CC(=O)O)CC(=O)NC(=O)NCCCn1cccn1. The first-order valence-electron chi connectivity index (χ1n) is 6.74. The van der Waals surface area contributed by atoms with E-state index in [1.54, 1.807) is 17.8 Å². The second kappa shape index (κ2) is 8.72. The van der Waals surface area contributed by atoms with Crippen LogP contribution in [0.3, 0.4) is 0 Å². The first kappa shape index (κ1) is 16.7. The van der Waals surface area contributed by atoms with E-state index in [1.807, 2.05) is 12.3 Å². The number of rotatable bonds is 8. The second-order valence-corrected chi connectivity index (χ2v) is 4.83. The lowest BCUT2D eigenvalue weighted by Gasteiger charge is -2.09. The van der Waals surface area contributed by atoms with E-state index in [2.05, 4.69) is 15.7 Å². The molecule has 1 unspecified atom stereocenters. The Morgan fingerprint density at radius 2 is 2.10 bits per heavy atom. The number of carboxylic acid groups (broad SMARTS) is 1. The van der Waals surface area contributed by atoms with Crippen molar-refractivity contribution in [1.29, 1.82) is 0 Å². The van der Waals surface area contributed by atoms with Gasteiger partial charge in [-0.05, 0) is 18.4 Å². The molecular formula is C13H20N4O4. The second-order valence-electron chi connectivity index (χ2n) is 4.83. The Morgan fingerprint density at radius 3 is 2.71 bits per heavy atom. The third-order valence-electron chi connectivity index (χ3n) is 2.72. The Bertz CT molecular complexity index is 473. The van der Waals surface area contributed by atoms with Crippen molar-refractivity contribution in [2.75, 3.05) is 6.54 Å². The number of amides is 3. The van der Waals surface area contributed by atoms with Crippen molar-refractivity contribution < 1.29 is 19.5 Å². The number of hydrogen-bond donors (Lipinski definition) is 3. The van der Waals surface area contributed by atoms with Gasteiger partial charge in [0.1, 0.15) is 0 Å². The average Bonchev–Trinajstić information content (AvgIpc) is 2.86. The van der Waals surface area contributed by atoms with Gasteiger partial charge in [-0.2, -0.15) is 5.10 Å². The molecule has 1 aromatic heterocycles. The number of carboxylic acids is 1. The topological polar surface area (TPSA) is 113 Å². The summed E-state index contributed by atoms with van der Waals surface area (Å²) in [5, 5.41) is 17.3. The minimum Gasteiger partial charge on any atom is -0.481 e. The van der Waals surface area contributed by atoms with Crippen LogP contribution in [0.15, 0.2) is 18.5 Å². The monoisotopic (exact) mass is 296 g/mol. The van der Waals surface area contributed by atoms with Gasteiger partial charge in [0.2, 0.25) is 5.91 Å². The van der Waals surface area contributed by atoms with Crippen LogP contribution in [-0.4, -0.2) is 39.3 Å². The molecule has 0 aliphatic carbocycles. The highest BCUT2D eigenvalue weighted by Crippen LogP contribution is 2.06. The van der Waals surface area contributed by atoms with Gasteiger partial charge in [0.15, 0.2) is 0 Å². The van der Waals surface area contributed by atoms with Crippen LogP contribution in [0, 0.1) is 5.92 Å². The summed E-state index contributed by atoms with van der Waals surface area (Å²) in [6, 6.07) is 1.25. The van der Waals surface area contributed by atoms with E-state index >= 15 is 0 Å². The summed E-state index contributed by atoms with van der Waals surface area (Å²) in [4.78, 5) is 33.4. The summed E-state index contributed by atoms with van der Waals surface area (Å²) in [5.41, 5.74) is 0. The molecule has 116 valence electrons. The first-order chi connectivity index (χ1) is 9.97. The largest absolute Gasteiger partial charge is 0.481 e. The maximum Gasteiger partial charge on any atom is 0.321 e. The smallest absolute Gasteiger partial charge is 0.321 e. The van der Waals surface area contributed by atoms with Crippen LogP contribution in [0.5, 0.6) is 0 Å². The van der Waals surface area contributed by atoms with Crippen LogP contribution >= 0.6 is 0 Å². The molecule has 0 radical (unpaired) electrons. The van der Waals surface area contributed by atoms with Crippen LogP contribution in [0.4, 0.5) is 4.79 Å². The van der Waals surface area contributed by atoms with Gasteiger partial charge in [0.25, 0.3) is 0 Å². The molecule has 0 saturated heterocycles. The Hall–Kier alpha value is -2.38. The molecule has 1 atom stereocenters. The molecule has 0 spiro atoms. The van der Waals surface area contributed by atoms with Gasteiger partial charge in [-0.3, -0.25) is 19.6 Å². The fourth-order valence-electron chi connectivity index (χ4n) is 1.78. The minimum absolute atomic E-state index is 0.00695. The number of hydrogen-bond acceptors (Lipinski definition) is 4. The molecule has 1 rings (SSSR count). The van der Waals surface area contributed by atoms with Crippen LogP contribution < -0.4 is 10.6 Å². The average molecular weight is 296 g/mol. The maximum atomic E-state index is 11.5. The maximum absolute atomic E-state index is 11.5. The van der Waals surface area contributed by atoms with Crippen molar-refractivity contribution in [3.8, 4) is 0 Å². The number of imide groups is 1. The lowest BCUT2D eigenvalue weighted by Crippen LogP contribution is -2.40. The van der Waals surface area contributed by atoms with Crippen LogP contribution in [0.1, 0.15) is 26.2 Å². The van der Waals surface area contributed by atoms with Gasteiger partial charge < -0.3 is 10.4 Å². The quantitative estimate of drug-likeness (QED) is 0.608. The Labute approximate surface area is 122 Å². The van der Waals surface area contributed by atoms with E-state index in [0.29, 0.717) is 19.5 Å². The summed E-state index contributed by atoms with van der Waals surface area (Å²) >= 11 is 0. The van der Waals surface area contributed by atoms with Crippen molar-refractivity contribution >= 4 is 17.9 Å². The fourth-order valence-corrected chi connectivity index (χ4v) is 1.78. The summed E-state index contributed by atoms with van der Waals surface area (Å²) < 4.78 is 1.75. The van der Waals surface area contributed by atoms with Crippen molar-refractivity contribution in [2.45, 2.75) is 32.7 Å². The van der Waals surface area contributed by atoms with Crippen molar-refractivity contribution in [3.63, 3.8) is 0 Å². The first-order valence-corrected chi connectivity index (χ1v) is 6.74. The third kappa shape index (κ3) is 7.71. The Balaban J connectivity index is 2.12. The highest BCUT2D eigenvalue weighted by atomic mass is 16.4. The van der Waals surface area contributed by atoms with E-state index in [1.165, 1.54) is 0 Å². The zero-order valence-corrected chi connectivity index (χ0v) is 11.9. The predicted octanol–water partition coefficient (Wildman–Crippen LogP) is 0.600. The van der Waals surface area contributed by atoms with E-state index in [-0.39, 0.29) is 18.8 Å². The summed E-state index contributed by atoms with van der Waals surface area (Å²) in [6.45, 7) is 2.75. The Morgan fingerprint density at radius 1 is 1.33 bits per heavy atom. The molecule has 1 aromatic rings. The van der Waals surface area contributed by atoms with Gasteiger partial charge in [0, 0.05) is 38.3 Å². The Kier molecular flexibility index (Phi) is 6.93. The predicted molar refractivity (Wildman–Crippen MR) is 74.4 cm³/mol. The number of aliphatic carboxylic acids is 1. The minimum atomic E-state index is -0.960. The summed E-state index contributed by atoms with van der Waals surface area (Å²) in [6.07, 6.45) is 4.11. The molecule has 1 heterocycles. The molecule has 0 aromatic carbocycles. The number of carbonyl (C=O) groups excluding carboxylic acids is 2. The molecule has 0 aliphatic rings. The molecule has 0 saturated carbocycles. The van der Waals surface area contributed by atoms with Crippen LogP contribution in [-0.2, 0) is 16.1 Å². The molecule has 0 fully saturated rings. The van der Waals surface area contributed by atoms with Gasteiger partial charge in [-0.15, -0.1) is 0 Å². The number of carbonyl (C=O) groups is 3. The van der Waals surface area contributed by atoms with Crippen molar-refractivity contribution in [2.24, 2.45) is 5.92 Å². The summed E-state index contributed by atoms with van der Waals surface area (Å²) in [5.74, 6) is -1.75. The van der Waals surface area contributed by atoms with Crippen LogP contribution in [0.2, 0.25) is 0 Å². The number of aromatic nitrogens is 2. The third-order valence-corrected chi connectivity index (χ3v) is 2.72. The number of urea groups is 1. The van der Waals surface area contributed by atoms with Crippen molar-refractivity contribution in [1.82, 2.24) is 20.4 Å². The van der Waals surface area contributed by atoms with Gasteiger partial charge in [0.05, 0.1) is 0 Å². The van der Waals surface area contributed by atoms with Crippen molar-refractivity contribution in [3.05, 3.63) is 18.5 Å². The van der Waals surface area contributed by atoms with E-state index in [0.717, 1.165) is 0 Å². The molecule has 8 nitrogen and oxygen atoms in total. The van der Waals surface area contributed by atoms with Crippen LogP contribution in [0.25, 0.3) is 0 Å². The van der Waals surface area contributed by atoms with Gasteiger partial charge in [-0.25, -0.2) is 4.79 Å². The lowest BCUT2D eigenvalue weighted by atomic mass is 10.0. The number of nitrogens with zero attached hydrogens (tertiary/aromatic N) is 2. The molecule has 8 heteroatoms. The zero-order chi connectivity index (χ0) is 15.7. The van der Waals surface area contributed by atoms with E-state index in [4.69, 9.17) is 5.11 Å². The molecule has 21 heavy (non-hydrogen) atoms. The molecule has 0 bridgehead atoms. The fraction of sp³-hybridized carbons (Fsp3) is 0.538. The zero-order valence-electron chi connectivity index (χ0n) is 11.9. The highest BCUT2D eigenvalue weighted by Gasteiger charge is 2.14. The molecule has 3 N–H and O–H groups in total. The van der Waals surface area contributed by atoms with Gasteiger partial charge in [-0.1, -0.05) is 6.92 Å². The molecule has 0 aliphatic heterocycles. The van der Waals surface area contributed by atoms with E-state index in [9.17, 15) is 14.4 Å².